The highest BCUT2D eigenvalue weighted by Gasteiger charge is 2.21. The largest absolute Gasteiger partial charge is 0.508 e. The van der Waals surface area contributed by atoms with Gasteiger partial charge in [0.2, 0.25) is 0 Å². The van der Waals surface area contributed by atoms with Crippen molar-refractivity contribution >= 4 is 15.7 Å². The van der Waals surface area contributed by atoms with Crippen molar-refractivity contribution in [2.45, 2.75) is 31.7 Å². The maximum Gasteiger partial charge on any atom is 0.265 e. The van der Waals surface area contributed by atoms with Gasteiger partial charge < -0.3 is 5.11 Å². The number of phenols is 1. The molecule has 1 heterocycles. The van der Waals surface area contributed by atoms with Crippen LogP contribution in [0, 0.1) is 6.92 Å². The molecule has 0 fully saturated rings. The van der Waals surface area contributed by atoms with Gasteiger partial charge in [-0.3, -0.25) is 9.40 Å². The van der Waals surface area contributed by atoms with E-state index in [-0.39, 0.29) is 16.7 Å². The second-order valence-corrected chi connectivity index (χ2v) is 6.46. The fourth-order valence-corrected chi connectivity index (χ4v) is 2.97. The topological polar surface area (TPSA) is 84.2 Å². The zero-order valence-electron chi connectivity index (χ0n) is 11.5. The first-order chi connectivity index (χ1) is 9.29. The lowest BCUT2D eigenvalue weighted by atomic mass is 10.3. The van der Waals surface area contributed by atoms with Crippen molar-refractivity contribution in [3.05, 3.63) is 36.2 Å². The van der Waals surface area contributed by atoms with E-state index in [1.54, 1.807) is 11.6 Å². The Morgan fingerprint density at radius 1 is 1.25 bits per heavy atom. The summed E-state index contributed by atoms with van der Waals surface area (Å²) in [5.41, 5.74) is 0.837. The van der Waals surface area contributed by atoms with Crippen LogP contribution >= 0.6 is 0 Å². The van der Waals surface area contributed by atoms with Crippen molar-refractivity contribution in [1.82, 2.24) is 9.78 Å². The average Bonchev–Trinajstić information content (AvgIpc) is 2.75. The van der Waals surface area contributed by atoms with Gasteiger partial charge in [0.15, 0.2) is 0 Å². The number of phenolic OH excluding ortho intramolecular Hbond substituents is 1. The molecule has 2 rings (SSSR count). The number of hydrogen-bond acceptors (Lipinski definition) is 4. The van der Waals surface area contributed by atoms with Crippen LogP contribution in [0.1, 0.15) is 25.6 Å². The molecule has 0 saturated carbocycles. The molecule has 1 aromatic heterocycles. The molecule has 0 aliphatic rings. The van der Waals surface area contributed by atoms with E-state index in [1.165, 1.54) is 30.5 Å². The molecule has 0 aliphatic heterocycles. The summed E-state index contributed by atoms with van der Waals surface area (Å²) in [6, 6.07) is 5.92. The minimum atomic E-state index is -3.68. The molecular formula is C13H17N3O3S. The first kappa shape index (κ1) is 14.4. The van der Waals surface area contributed by atoms with Crippen LogP contribution in [0.3, 0.4) is 0 Å². The summed E-state index contributed by atoms with van der Waals surface area (Å²) >= 11 is 0. The smallest absolute Gasteiger partial charge is 0.265 e. The summed E-state index contributed by atoms with van der Waals surface area (Å²) < 4.78 is 28.7. The minimum absolute atomic E-state index is 0.0803. The Kier molecular flexibility index (Phi) is 3.71. The van der Waals surface area contributed by atoms with Crippen molar-refractivity contribution in [2.75, 3.05) is 4.72 Å². The lowest BCUT2D eigenvalue weighted by Gasteiger charge is -2.07. The minimum Gasteiger partial charge on any atom is -0.508 e. The van der Waals surface area contributed by atoms with Crippen LogP contribution in [0.25, 0.3) is 0 Å². The lowest BCUT2D eigenvalue weighted by Crippen LogP contribution is -2.13. The molecular weight excluding hydrogens is 278 g/mol. The van der Waals surface area contributed by atoms with Gasteiger partial charge in [0.25, 0.3) is 10.0 Å². The van der Waals surface area contributed by atoms with Gasteiger partial charge in [-0.2, -0.15) is 5.10 Å². The van der Waals surface area contributed by atoms with Crippen LogP contribution in [0.2, 0.25) is 0 Å². The molecule has 2 N–H and O–H groups in total. The van der Waals surface area contributed by atoms with Gasteiger partial charge in [0, 0.05) is 17.9 Å². The highest BCUT2D eigenvalue weighted by atomic mass is 32.2. The molecule has 0 bridgehead atoms. The van der Waals surface area contributed by atoms with Crippen LogP contribution in [-0.4, -0.2) is 23.3 Å². The summed E-state index contributed by atoms with van der Waals surface area (Å²) in [7, 11) is -3.68. The van der Waals surface area contributed by atoms with Crippen LogP contribution < -0.4 is 4.72 Å². The number of nitrogens with zero attached hydrogens (tertiary/aromatic N) is 2. The van der Waals surface area contributed by atoms with Crippen LogP contribution in [0.4, 0.5) is 5.69 Å². The maximum atomic E-state index is 12.3. The van der Waals surface area contributed by atoms with E-state index in [0.717, 1.165) is 0 Å². The first-order valence-corrected chi connectivity index (χ1v) is 7.65. The Morgan fingerprint density at radius 3 is 2.35 bits per heavy atom. The highest BCUT2D eigenvalue weighted by molar-refractivity contribution is 7.92. The summed E-state index contributed by atoms with van der Waals surface area (Å²) in [6.07, 6.45) is 1.52. The Bertz CT molecular complexity index is 703. The molecule has 7 heteroatoms. The summed E-state index contributed by atoms with van der Waals surface area (Å²) in [4.78, 5) is 0.152. The zero-order chi connectivity index (χ0) is 14.9. The summed E-state index contributed by atoms with van der Waals surface area (Å²) in [6.45, 7) is 5.51. The van der Waals surface area contributed by atoms with Crippen molar-refractivity contribution < 1.29 is 13.5 Å². The van der Waals surface area contributed by atoms with Crippen molar-refractivity contribution in [3.8, 4) is 5.75 Å². The number of aromatic nitrogens is 2. The second-order valence-electron chi connectivity index (χ2n) is 4.80. The number of anilines is 1. The van der Waals surface area contributed by atoms with Gasteiger partial charge in [-0.15, -0.1) is 0 Å². The standard InChI is InChI=1S/C13H17N3O3S/c1-9(2)16-8-13(10(3)14-16)20(18,19)15-11-4-6-12(17)7-5-11/h4-9,15,17H,1-3H3. The normalized spacial score (nSPS) is 11.8. The van der Waals surface area contributed by atoms with Gasteiger partial charge >= 0.3 is 0 Å². The van der Waals surface area contributed by atoms with Crippen LogP contribution in [-0.2, 0) is 10.0 Å². The monoisotopic (exact) mass is 295 g/mol. The van der Waals surface area contributed by atoms with E-state index in [4.69, 9.17) is 0 Å². The average molecular weight is 295 g/mol. The Balaban J connectivity index is 2.33. The molecule has 0 aliphatic carbocycles. The van der Waals surface area contributed by atoms with Gasteiger partial charge in [-0.1, -0.05) is 0 Å². The molecule has 0 atom stereocenters. The van der Waals surface area contributed by atoms with E-state index in [0.29, 0.717) is 11.4 Å². The van der Waals surface area contributed by atoms with Crippen molar-refractivity contribution in [1.29, 1.82) is 0 Å². The second kappa shape index (κ2) is 5.16. The summed E-state index contributed by atoms with van der Waals surface area (Å²) in [5, 5.41) is 13.4. The molecule has 6 nitrogen and oxygen atoms in total. The first-order valence-electron chi connectivity index (χ1n) is 6.17. The quantitative estimate of drug-likeness (QED) is 0.847. The molecule has 0 spiro atoms. The van der Waals surface area contributed by atoms with Crippen molar-refractivity contribution in [2.24, 2.45) is 0 Å². The molecule has 0 saturated heterocycles. The molecule has 20 heavy (non-hydrogen) atoms. The maximum absolute atomic E-state index is 12.3. The number of aromatic hydroxyl groups is 1. The zero-order valence-corrected chi connectivity index (χ0v) is 12.3. The predicted molar refractivity (Wildman–Crippen MR) is 76.3 cm³/mol. The van der Waals surface area contributed by atoms with Gasteiger partial charge in [0.05, 0.1) is 5.69 Å². The van der Waals surface area contributed by atoms with Gasteiger partial charge in [-0.05, 0) is 45.0 Å². The van der Waals surface area contributed by atoms with E-state index >= 15 is 0 Å². The van der Waals surface area contributed by atoms with Crippen molar-refractivity contribution in [3.63, 3.8) is 0 Å². The van der Waals surface area contributed by atoms with E-state index < -0.39 is 10.0 Å². The van der Waals surface area contributed by atoms with E-state index in [2.05, 4.69) is 9.82 Å². The number of hydrogen-bond donors (Lipinski definition) is 2. The third kappa shape index (κ3) is 2.93. The van der Waals surface area contributed by atoms with Crippen LogP contribution in [0.5, 0.6) is 5.75 Å². The molecule has 0 amide bonds. The fourth-order valence-electron chi connectivity index (χ4n) is 1.73. The molecule has 108 valence electrons. The fraction of sp³-hybridized carbons (Fsp3) is 0.308. The Hall–Kier alpha value is -2.02. The van der Waals surface area contributed by atoms with Crippen LogP contribution in [0.15, 0.2) is 35.4 Å². The number of nitrogens with one attached hydrogen (secondary N) is 1. The Labute approximate surface area is 118 Å². The SMILES string of the molecule is Cc1nn(C(C)C)cc1S(=O)(=O)Nc1ccc(O)cc1. The number of aryl methyl sites for hydroxylation is 1. The number of benzene rings is 1. The third-order valence-electron chi connectivity index (χ3n) is 2.81. The Morgan fingerprint density at radius 2 is 1.85 bits per heavy atom. The van der Waals surface area contributed by atoms with Gasteiger partial charge in [0.1, 0.15) is 10.6 Å². The molecule has 2 aromatic rings. The van der Waals surface area contributed by atoms with Gasteiger partial charge in [-0.25, -0.2) is 8.42 Å². The third-order valence-corrected chi connectivity index (χ3v) is 4.29. The van der Waals surface area contributed by atoms with E-state index in [9.17, 15) is 13.5 Å². The number of rotatable bonds is 4. The van der Waals surface area contributed by atoms with E-state index in [1.807, 2.05) is 13.8 Å². The molecule has 1 aromatic carbocycles. The summed E-state index contributed by atoms with van der Waals surface area (Å²) in [5.74, 6) is 0.0803. The molecule has 0 unspecified atom stereocenters. The lowest BCUT2D eigenvalue weighted by molar-refractivity contribution is 0.475. The predicted octanol–water partition coefficient (Wildman–Crippen LogP) is 2.28. The molecule has 0 radical (unpaired) electrons. The highest BCUT2D eigenvalue weighted by Crippen LogP contribution is 2.21. The number of sulfonamides is 1.